The summed E-state index contributed by atoms with van der Waals surface area (Å²) in [5, 5.41) is 8.79. The lowest BCUT2D eigenvalue weighted by molar-refractivity contribution is 0.290. The molecule has 2 aromatic rings. The van der Waals surface area contributed by atoms with Gasteiger partial charge in [0.25, 0.3) is 0 Å². The number of nitriles is 1. The van der Waals surface area contributed by atoms with Gasteiger partial charge >= 0.3 is 5.69 Å². The third-order valence-electron chi connectivity index (χ3n) is 4.23. The molecule has 0 amide bonds. The smallest absolute Gasteiger partial charge is 0.352 e. The van der Waals surface area contributed by atoms with E-state index in [9.17, 15) is 4.79 Å². The van der Waals surface area contributed by atoms with Crippen molar-refractivity contribution in [3.63, 3.8) is 0 Å². The topological polar surface area (TPSA) is 71.1 Å². The Balaban J connectivity index is 1.80. The Morgan fingerprint density at radius 2 is 2.13 bits per heavy atom. The quantitative estimate of drug-likeness (QED) is 0.866. The summed E-state index contributed by atoms with van der Waals surface area (Å²) in [5.41, 5.74) is 1.25. The van der Waals surface area contributed by atoms with Crippen molar-refractivity contribution < 1.29 is 4.74 Å². The summed E-state index contributed by atoms with van der Waals surface area (Å²) in [6.07, 6.45) is 0.927. The Labute approximate surface area is 134 Å². The minimum absolute atomic E-state index is 0.281. The highest BCUT2D eigenvalue weighted by Gasteiger charge is 2.22. The molecule has 23 heavy (non-hydrogen) atoms. The van der Waals surface area contributed by atoms with Gasteiger partial charge in [-0.2, -0.15) is 10.2 Å². The Hall–Kier alpha value is -2.81. The third-order valence-corrected chi connectivity index (χ3v) is 4.23. The van der Waals surface area contributed by atoms with Gasteiger partial charge < -0.3 is 9.64 Å². The van der Waals surface area contributed by atoms with Crippen LogP contribution in [0.2, 0.25) is 0 Å². The first kappa shape index (κ1) is 15.1. The molecule has 0 saturated carbocycles. The molecular weight excluding hydrogens is 292 g/mol. The first-order chi connectivity index (χ1) is 11.1. The number of aromatic nitrogens is 2. The highest BCUT2D eigenvalue weighted by Crippen LogP contribution is 2.24. The lowest BCUT2D eigenvalue weighted by Crippen LogP contribution is -2.41. The molecule has 118 valence electrons. The van der Waals surface area contributed by atoms with Crippen molar-refractivity contribution in [2.24, 2.45) is 0 Å². The summed E-state index contributed by atoms with van der Waals surface area (Å²) in [4.78, 5) is 18.2. The van der Waals surface area contributed by atoms with Gasteiger partial charge in [-0.15, -0.1) is 0 Å². The molecular formula is C17H18N4O2. The van der Waals surface area contributed by atoms with Crippen LogP contribution in [0.1, 0.15) is 24.5 Å². The molecule has 1 atom stereocenters. The van der Waals surface area contributed by atoms with Gasteiger partial charge in [-0.05, 0) is 31.0 Å². The van der Waals surface area contributed by atoms with E-state index < -0.39 is 0 Å². The Kier molecular flexibility index (Phi) is 4.02. The Bertz CT molecular complexity index is 805. The van der Waals surface area contributed by atoms with Gasteiger partial charge in [-0.1, -0.05) is 12.1 Å². The molecule has 0 fully saturated rings. The number of hydrogen-bond acceptors (Lipinski definition) is 5. The van der Waals surface area contributed by atoms with E-state index in [-0.39, 0.29) is 5.69 Å². The fourth-order valence-corrected chi connectivity index (χ4v) is 2.62. The molecule has 3 rings (SSSR count). The summed E-state index contributed by atoms with van der Waals surface area (Å²) in [7, 11) is 1.97. The van der Waals surface area contributed by atoms with Crippen molar-refractivity contribution in [2.75, 3.05) is 11.9 Å². The third kappa shape index (κ3) is 3.04. The van der Waals surface area contributed by atoms with E-state index in [2.05, 4.69) is 22.9 Å². The summed E-state index contributed by atoms with van der Waals surface area (Å²) in [5.74, 6) is 1.16. The molecule has 2 heterocycles. The molecule has 0 spiro atoms. The number of rotatable bonds is 3. The van der Waals surface area contributed by atoms with Crippen molar-refractivity contribution in [3.8, 4) is 11.9 Å². The van der Waals surface area contributed by atoms with E-state index in [1.165, 1.54) is 0 Å². The normalized spacial score (nSPS) is 16.6. The first-order valence-electron chi connectivity index (χ1n) is 7.55. The van der Waals surface area contributed by atoms with Gasteiger partial charge in [0, 0.05) is 25.7 Å². The van der Waals surface area contributed by atoms with Crippen LogP contribution >= 0.6 is 0 Å². The van der Waals surface area contributed by atoms with Gasteiger partial charge in [-0.25, -0.2) is 4.79 Å². The van der Waals surface area contributed by atoms with E-state index >= 15 is 0 Å². The zero-order chi connectivity index (χ0) is 16.4. The lowest BCUT2D eigenvalue weighted by Gasteiger charge is -2.34. The van der Waals surface area contributed by atoms with Crippen molar-refractivity contribution in [1.82, 2.24) is 9.55 Å². The lowest BCUT2D eigenvalue weighted by atomic mass is 10.1. The van der Waals surface area contributed by atoms with Crippen LogP contribution in [0, 0.1) is 11.3 Å². The molecule has 6 nitrogen and oxygen atoms in total. The molecule has 6 heteroatoms. The Morgan fingerprint density at radius 1 is 1.39 bits per heavy atom. The predicted octanol–water partition coefficient (Wildman–Crippen LogP) is 1.92. The standard InChI is InChI=1S/C17H18N4O2/c1-12-7-8-21-16(20(12)2)9-15(19-17(21)22)23-11-14-5-3-13(10-18)4-6-14/h3-6,9,12H,7-8,11H2,1-2H3/t12-/m0/s1. The van der Waals surface area contributed by atoms with E-state index in [4.69, 9.17) is 10.00 Å². The summed E-state index contributed by atoms with van der Waals surface area (Å²) in [6.45, 7) is 3.12. The van der Waals surface area contributed by atoms with Crippen LogP contribution in [-0.2, 0) is 13.2 Å². The second-order valence-corrected chi connectivity index (χ2v) is 5.73. The van der Waals surface area contributed by atoms with E-state index in [1.807, 2.05) is 19.2 Å². The first-order valence-corrected chi connectivity index (χ1v) is 7.55. The molecule has 0 N–H and O–H groups in total. The van der Waals surface area contributed by atoms with Crippen LogP contribution in [0.15, 0.2) is 35.1 Å². The fraction of sp³-hybridized carbons (Fsp3) is 0.353. The Morgan fingerprint density at radius 3 is 2.83 bits per heavy atom. The molecule has 1 aromatic carbocycles. The summed E-state index contributed by atoms with van der Waals surface area (Å²) in [6, 6.07) is 11.4. The van der Waals surface area contributed by atoms with E-state index in [1.54, 1.807) is 22.8 Å². The molecule has 1 aromatic heterocycles. The number of fused-ring (bicyclic) bond motifs is 1. The van der Waals surface area contributed by atoms with Crippen molar-refractivity contribution in [3.05, 3.63) is 51.9 Å². The average molecular weight is 310 g/mol. The van der Waals surface area contributed by atoms with Gasteiger partial charge in [-0.3, -0.25) is 4.57 Å². The number of nitrogens with zero attached hydrogens (tertiary/aromatic N) is 4. The second kappa shape index (κ2) is 6.13. The maximum Gasteiger partial charge on any atom is 0.352 e. The average Bonchev–Trinajstić information content (AvgIpc) is 2.57. The van der Waals surface area contributed by atoms with Gasteiger partial charge in [0.15, 0.2) is 0 Å². The molecule has 0 radical (unpaired) electrons. The van der Waals surface area contributed by atoms with Crippen molar-refractivity contribution >= 4 is 5.82 Å². The minimum Gasteiger partial charge on any atom is -0.473 e. The van der Waals surface area contributed by atoms with Crippen LogP contribution in [-0.4, -0.2) is 22.6 Å². The number of anilines is 1. The minimum atomic E-state index is -0.281. The van der Waals surface area contributed by atoms with Crippen LogP contribution in [0.25, 0.3) is 0 Å². The molecule has 0 saturated heterocycles. The van der Waals surface area contributed by atoms with E-state index in [0.29, 0.717) is 30.6 Å². The number of hydrogen-bond donors (Lipinski definition) is 0. The van der Waals surface area contributed by atoms with Crippen LogP contribution in [0.3, 0.4) is 0 Å². The van der Waals surface area contributed by atoms with Gasteiger partial charge in [0.2, 0.25) is 5.88 Å². The largest absolute Gasteiger partial charge is 0.473 e. The number of ether oxygens (including phenoxy) is 1. The van der Waals surface area contributed by atoms with Crippen molar-refractivity contribution in [1.29, 1.82) is 5.26 Å². The van der Waals surface area contributed by atoms with Crippen LogP contribution in [0.4, 0.5) is 5.82 Å². The summed E-state index contributed by atoms with van der Waals surface area (Å²) < 4.78 is 7.34. The fourth-order valence-electron chi connectivity index (χ4n) is 2.62. The zero-order valence-corrected chi connectivity index (χ0v) is 13.2. The highest BCUT2D eigenvalue weighted by molar-refractivity contribution is 5.44. The van der Waals surface area contributed by atoms with E-state index in [0.717, 1.165) is 17.8 Å². The summed E-state index contributed by atoms with van der Waals surface area (Å²) >= 11 is 0. The molecule has 0 aliphatic carbocycles. The van der Waals surface area contributed by atoms with Gasteiger partial charge in [0.05, 0.1) is 11.6 Å². The molecule has 1 aliphatic heterocycles. The molecule has 0 bridgehead atoms. The maximum atomic E-state index is 12.1. The zero-order valence-electron chi connectivity index (χ0n) is 13.2. The SMILES string of the molecule is C[C@H]1CCn2c(cc(OCc3ccc(C#N)cc3)nc2=O)N1C. The monoisotopic (exact) mass is 310 g/mol. The van der Waals surface area contributed by atoms with Crippen molar-refractivity contribution in [2.45, 2.75) is 32.5 Å². The van der Waals surface area contributed by atoms with Crippen LogP contribution < -0.4 is 15.3 Å². The molecule has 0 unspecified atom stereocenters. The highest BCUT2D eigenvalue weighted by atomic mass is 16.5. The number of benzene rings is 1. The second-order valence-electron chi connectivity index (χ2n) is 5.73. The van der Waals surface area contributed by atoms with Crippen LogP contribution in [0.5, 0.6) is 5.88 Å². The van der Waals surface area contributed by atoms with Gasteiger partial charge in [0.1, 0.15) is 12.4 Å². The predicted molar refractivity (Wildman–Crippen MR) is 86.5 cm³/mol. The molecule has 1 aliphatic rings. The maximum absolute atomic E-state index is 12.1.